The average Bonchev–Trinajstić information content (AvgIpc) is 2.88. The molecule has 4 rings (SSSR count). The van der Waals surface area contributed by atoms with E-state index in [1.54, 1.807) is 5.19 Å². The predicted molar refractivity (Wildman–Crippen MR) is 152 cm³/mol. The van der Waals surface area contributed by atoms with Crippen LogP contribution in [-0.4, -0.2) is 8.07 Å². The fourth-order valence-electron chi connectivity index (χ4n) is 5.25. The summed E-state index contributed by atoms with van der Waals surface area (Å²) in [7, 11) is -2.21. The zero-order valence-electron chi connectivity index (χ0n) is 20.4. The van der Waals surface area contributed by atoms with Gasteiger partial charge in [-0.25, -0.2) is 0 Å². The van der Waals surface area contributed by atoms with Gasteiger partial charge in [-0.3, -0.25) is 0 Å². The number of hydrogen-bond acceptors (Lipinski definition) is 0. The number of aryl methyl sites for hydroxylation is 1. The van der Waals surface area contributed by atoms with Gasteiger partial charge in [-0.1, -0.05) is 147 Å². The van der Waals surface area contributed by atoms with Crippen molar-refractivity contribution in [3.05, 3.63) is 109 Å². The Morgan fingerprint density at radius 2 is 1.09 bits per heavy atom. The van der Waals surface area contributed by atoms with E-state index in [4.69, 9.17) is 0 Å². The van der Waals surface area contributed by atoms with Crippen molar-refractivity contribution in [2.75, 3.05) is 0 Å². The summed E-state index contributed by atoms with van der Waals surface area (Å²) < 4.78 is 0. The van der Waals surface area contributed by atoms with Gasteiger partial charge in [0.05, 0.1) is 8.07 Å². The molecule has 168 valence electrons. The van der Waals surface area contributed by atoms with Crippen molar-refractivity contribution in [2.24, 2.45) is 0 Å². The van der Waals surface area contributed by atoms with Crippen molar-refractivity contribution in [3.63, 3.8) is 0 Å². The Kier molecular flexibility index (Phi) is 7.63. The monoisotopic (exact) mass is 466 g/mol. The van der Waals surface area contributed by atoms with Crippen LogP contribution in [0.15, 0.2) is 103 Å². The molecule has 0 saturated carbocycles. The van der Waals surface area contributed by atoms with E-state index in [9.17, 15) is 0 Å². The summed E-state index contributed by atoms with van der Waals surface area (Å²) in [6, 6.07) is 42.3. The summed E-state index contributed by atoms with van der Waals surface area (Å²) in [4.78, 5) is 0. The summed E-state index contributed by atoms with van der Waals surface area (Å²) in [6.07, 6.45) is 0. The van der Waals surface area contributed by atoms with Gasteiger partial charge in [-0.2, -0.15) is 0 Å². The Balaban J connectivity index is 2.01. The third-order valence-corrected chi connectivity index (χ3v) is 15.4. The zero-order chi connectivity index (χ0) is 23.3. The lowest BCUT2D eigenvalue weighted by Gasteiger charge is -2.33. The van der Waals surface area contributed by atoms with Crippen LogP contribution >= 0.6 is 7.92 Å². The second-order valence-corrected chi connectivity index (χ2v) is 16.3. The van der Waals surface area contributed by atoms with E-state index < -0.39 is 16.0 Å². The summed E-state index contributed by atoms with van der Waals surface area (Å²) in [5, 5.41) is 5.93. The van der Waals surface area contributed by atoms with Crippen LogP contribution in [-0.2, 0) is 0 Å². The van der Waals surface area contributed by atoms with Crippen molar-refractivity contribution in [2.45, 2.75) is 45.8 Å². The molecule has 33 heavy (non-hydrogen) atoms. The molecule has 2 heteroatoms. The molecule has 0 aliphatic carbocycles. The molecule has 0 saturated heterocycles. The van der Waals surface area contributed by atoms with E-state index in [2.05, 4.69) is 131 Å². The fraction of sp³-hybridized carbons (Fsp3) is 0.226. The van der Waals surface area contributed by atoms with Crippen molar-refractivity contribution in [1.82, 2.24) is 0 Å². The van der Waals surface area contributed by atoms with Crippen LogP contribution in [0.4, 0.5) is 0 Å². The van der Waals surface area contributed by atoms with Gasteiger partial charge in [0.1, 0.15) is 0 Å². The van der Waals surface area contributed by atoms with Crippen LogP contribution in [0.5, 0.6) is 0 Å². The molecule has 0 heterocycles. The van der Waals surface area contributed by atoms with Gasteiger partial charge in [-0.05, 0) is 47.4 Å². The molecule has 0 aliphatic heterocycles. The lowest BCUT2D eigenvalue weighted by molar-refractivity contribution is 1.19. The molecule has 0 nitrogen and oxygen atoms in total. The quantitative estimate of drug-likeness (QED) is 0.191. The van der Waals surface area contributed by atoms with Crippen LogP contribution < -0.4 is 21.1 Å². The molecule has 4 aromatic rings. The SMILES string of the molecule is CC[Si](CC)(CC)c1cccc(C)c1-c1ccccc1P(c1ccccc1)c1ccccc1. The van der Waals surface area contributed by atoms with Crippen LogP contribution in [0.25, 0.3) is 11.1 Å². The predicted octanol–water partition coefficient (Wildman–Crippen LogP) is 7.14. The first kappa shape index (κ1) is 23.7. The minimum Gasteiger partial charge on any atom is -0.0675 e. The van der Waals surface area contributed by atoms with Gasteiger partial charge in [0.2, 0.25) is 0 Å². The van der Waals surface area contributed by atoms with Crippen molar-refractivity contribution < 1.29 is 0 Å². The molecule has 4 aromatic carbocycles. The standard InChI is InChI=1S/C31H35PSi/c1-5-33(6-2,7-3)30-24-16-17-25(4)31(30)28-22-14-15-23-29(28)32(26-18-10-8-11-19-26)27-20-12-9-13-21-27/h8-24H,5-7H2,1-4H3. The molecular weight excluding hydrogens is 431 g/mol. The first-order valence-electron chi connectivity index (χ1n) is 12.2. The van der Waals surface area contributed by atoms with Crippen molar-refractivity contribution in [3.8, 4) is 11.1 Å². The highest BCUT2D eigenvalue weighted by Gasteiger charge is 2.33. The van der Waals surface area contributed by atoms with Crippen LogP contribution in [0.1, 0.15) is 26.3 Å². The second-order valence-electron chi connectivity index (χ2n) is 8.86. The summed E-state index contributed by atoms with van der Waals surface area (Å²) >= 11 is 0. The molecule has 0 aliphatic rings. The van der Waals surface area contributed by atoms with E-state index in [0.717, 1.165) is 0 Å². The van der Waals surface area contributed by atoms with E-state index in [1.165, 1.54) is 50.7 Å². The Labute approximate surface area is 202 Å². The van der Waals surface area contributed by atoms with E-state index >= 15 is 0 Å². The molecule has 0 bridgehead atoms. The maximum absolute atomic E-state index is 2.45. The molecule has 0 aromatic heterocycles. The topological polar surface area (TPSA) is 0 Å². The molecule has 0 atom stereocenters. The molecule has 0 unspecified atom stereocenters. The van der Waals surface area contributed by atoms with Gasteiger partial charge in [-0.15, -0.1) is 0 Å². The van der Waals surface area contributed by atoms with E-state index in [0.29, 0.717) is 0 Å². The first-order chi connectivity index (χ1) is 16.1. The summed E-state index contributed by atoms with van der Waals surface area (Å²) in [5.41, 5.74) is 4.34. The maximum atomic E-state index is 2.45. The third-order valence-electron chi connectivity index (χ3n) is 7.32. The highest BCUT2D eigenvalue weighted by molar-refractivity contribution is 7.80. The van der Waals surface area contributed by atoms with Gasteiger partial charge in [0.25, 0.3) is 0 Å². The molecule has 0 amide bonds. The van der Waals surface area contributed by atoms with Gasteiger partial charge in [0, 0.05) is 0 Å². The smallest absolute Gasteiger partial charge is 0.0675 e. The Bertz CT molecular complexity index is 1130. The first-order valence-corrected chi connectivity index (χ1v) is 16.2. The minimum absolute atomic E-state index is 0.648. The molecule has 0 fully saturated rings. The molecule has 0 spiro atoms. The Hall–Kier alpha value is -2.47. The lowest BCUT2D eigenvalue weighted by Crippen LogP contribution is -2.47. The highest BCUT2D eigenvalue weighted by atomic mass is 31.1. The lowest BCUT2D eigenvalue weighted by atomic mass is 10.0. The minimum atomic E-state index is -1.56. The van der Waals surface area contributed by atoms with Gasteiger partial charge >= 0.3 is 0 Å². The number of benzene rings is 4. The highest BCUT2D eigenvalue weighted by Crippen LogP contribution is 2.38. The van der Waals surface area contributed by atoms with E-state index in [-0.39, 0.29) is 0 Å². The van der Waals surface area contributed by atoms with Crippen LogP contribution in [0.2, 0.25) is 18.1 Å². The summed E-state index contributed by atoms with van der Waals surface area (Å²) in [5.74, 6) is 0. The van der Waals surface area contributed by atoms with Crippen molar-refractivity contribution >= 4 is 37.1 Å². The van der Waals surface area contributed by atoms with Gasteiger partial charge < -0.3 is 0 Å². The van der Waals surface area contributed by atoms with Gasteiger partial charge in [0.15, 0.2) is 0 Å². The third kappa shape index (κ3) is 4.63. The zero-order valence-corrected chi connectivity index (χ0v) is 22.3. The maximum Gasteiger partial charge on any atom is 0.0867 e. The Morgan fingerprint density at radius 1 is 0.576 bits per heavy atom. The average molecular weight is 467 g/mol. The van der Waals surface area contributed by atoms with Crippen LogP contribution in [0.3, 0.4) is 0 Å². The normalized spacial score (nSPS) is 11.7. The number of hydrogen-bond donors (Lipinski definition) is 0. The van der Waals surface area contributed by atoms with Crippen molar-refractivity contribution in [1.29, 1.82) is 0 Å². The number of rotatable bonds is 8. The largest absolute Gasteiger partial charge is 0.0867 e. The molecule has 0 radical (unpaired) electrons. The molecule has 0 N–H and O–H groups in total. The van der Waals surface area contributed by atoms with Crippen LogP contribution in [0, 0.1) is 6.92 Å². The second kappa shape index (κ2) is 10.6. The Morgan fingerprint density at radius 3 is 1.64 bits per heavy atom. The fourth-order valence-corrected chi connectivity index (χ4v) is 11.7. The summed E-state index contributed by atoms with van der Waals surface area (Å²) in [6.45, 7) is 9.55. The molecular formula is C31H35PSi. The van der Waals surface area contributed by atoms with E-state index in [1.807, 2.05) is 0 Å².